The number of benzene rings is 1. The Hall–Kier alpha value is -3.07. The monoisotopic (exact) mass is 412 g/mol. The van der Waals surface area contributed by atoms with Crippen LogP contribution in [0.15, 0.2) is 34.0 Å². The number of H-pyrrole nitrogens is 1. The summed E-state index contributed by atoms with van der Waals surface area (Å²) in [4.78, 5) is 51.9. The second-order valence-electron chi connectivity index (χ2n) is 7.19. The SMILES string of the molecule is CC1Sc2ccc(C(=O)NC3CCCc4[nH]c(=O)c(C(N)=O)cc43)cc2NC1=O. The molecule has 0 radical (unpaired) electrons. The normalized spacial score (nSPS) is 20.2. The molecule has 2 unspecified atom stereocenters. The molecule has 4 rings (SSSR count). The molecule has 1 aromatic heterocycles. The van der Waals surface area contributed by atoms with Crippen LogP contribution in [0, 0.1) is 0 Å². The quantitative estimate of drug-likeness (QED) is 0.609. The lowest BCUT2D eigenvalue weighted by atomic mass is 9.90. The molecule has 0 spiro atoms. The average molecular weight is 412 g/mol. The molecule has 9 heteroatoms. The Morgan fingerprint density at radius 2 is 2.03 bits per heavy atom. The van der Waals surface area contributed by atoms with Crippen molar-refractivity contribution in [3.8, 4) is 0 Å². The third-order valence-electron chi connectivity index (χ3n) is 5.20. The van der Waals surface area contributed by atoms with Crippen molar-refractivity contribution >= 4 is 35.2 Å². The predicted molar refractivity (Wildman–Crippen MR) is 109 cm³/mol. The summed E-state index contributed by atoms with van der Waals surface area (Å²) in [5, 5.41) is 5.61. The number of amides is 3. The number of anilines is 1. The van der Waals surface area contributed by atoms with E-state index in [0.717, 1.165) is 11.3 Å². The van der Waals surface area contributed by atoms with E-state index in [1.54, 1.807) is 12.1 Å². The zero-order valence-corrected chi connectivity index (χ0v) is 16.5. The van der Waals surface area contributed by atoms with Crippen LogP contribution < -0.4 is 21.9 Å². The van der Waals surface area contributed by atoms with Crippen LogP contribution in [0.4, 0.5) is 5.69 Å². The summed E-state index contributed by atoms with van der Waals surface area (Å²) < 4.78 is 0. The zero-order valence-electron chi connectivity index (χ0n) is 15.7. The number of hydrogen-bond acceptors (Lipinski definition) is 5. The van der Waals surface area contributed by atoms with Gasteiger partial charge < -0.3 is 21.4 Å². The largest absolute Gasteiger partial charge is 0.365 e. The van der Waals surface area contributed by atoms with E-state index in [1.165, 1.54) is 17.8 Å². The molecule has 0 fully saturated rings. The molecule has 8 nitrogen and oxygen atoms in total. The number of carbonyl (C=O) groups is 3. The van der Waals surface area contributed by atoms with Gasteiger partial charge in [-0.3, -0.25) is 19.2 Å². The molecule has 1 aliphatic heterocycles. The van der Waals surface area contributed by atoms with Crippen molar-refractivity contribution in [1.29, 1.82) is 0 Å². The molecule has 2 aliphatic rings. The number of hydrogen-bond donors (Lipinski definition) is 4. The van der Waals surface area contributed by atoms with Crippen molar-refractivity contribution in [2.75, 3.05) is 5.32 Å². The molecular weight excluding hydrogens is 392 g/mol. The third kappa shape index (κ3) is 3.65. The molecule has 1 aromatic carbocycles. The summed E-state index contributed by atoms with van der Waals surface area (Å²) in [6, 6.07) is 6.33. The lowest BCUT2D eigenvalue weighted by Gasteiger charge is -2.27. The van der Waals surface area contributed by atoms with Gasteiger partial charge in [0.2, 0.25) is 5.91 Å². The van der Waals surface area contributed by atoms with E-state index in [9.17, 15) is 19.2 Å². The number of fused-ring (bicyclic) bond motifs is 2. The minimum Gasteiger partial charge on any atom is -0.365 e. The number of carbonyl (C=O) groups excluding carboxylic acids is 3. The molecule has 3 amide bonds. The second-order valence-corrected chi connectivity index (χ2v) is 8.57. The van der Waals surface area contributed by atoms with E-state index in [1.807, 2.05) is 13.0 Å². The Kier molecular flexibility index (Phi) is 4.91. The smallest absolute Gasteiger partial charge is 0.261 e. The van der Waals surface area contributed by atoms with Gasteiger partial charge in [-0.25, -0.2) is 0 Å². The summed E-state index contributed by atoms with van der Waals surface area (Å²) >= 11 is 1.45. The van der Waals surface area contributed by atoms with Gasteiger partial charge >= 0.3 is 0 Å². The van der Waals surface area contributed by atoms with Gasteiger partial charge in [0.1, 0.15) is 5.56 Å². The number of nitrogens with two attached hydrogens (primary N) is 1. The van der Waals surface area contributed by atoms with E-state index in [0.29, 0.717) is 35.3 Å². The molecule has 29 heavy (non-hydrogen) atoms. The van der Waals surface area contributed by atoms with Crippen molar-refractivity contribution in [1.82, 2.24) is 10.3 Å². The fraction of sp³-hybridized carbons (Fsp3) is 0.300. The first-order chi connectivity index (χ1) is 13.8. The number of thioether (sulfide) groups is 1. The summed E-state index contributed by atoms with van der Waals surface area (Å²) in [6.45, 7) is 1.83. The molecule has 0 bridgehead atoms. The molecule has 0 saturated heterocycles. The van der Waals surface area contributed by atoms with Crippen LogP contribution in [-0.2, 0) is 11.2 Å². The number of pyridine rings is 1. The van der Waals surface area contributed by atoms with Crippen molar-refractivity contribution < 1.29 is 14.4 Å². The van der Waals surface area contributed by atoms with Crippen molar-refractivity contribution in [3.63, 3.8) is 0 Å². The van der Waals surface area contributed by atoms with Gasteiger partial charge in [0.15, 0.2) is 0 Å². The topological polar surface area (TPSA) is 134 Å². The average Bonchev–Trinajstić information content (AvgIpc) is 2.68. The van der Waals surface area contributed by atoms with Crippen LogP contribution in [0.5, 0.6) is 0 Å². The second kappa shape index (κ2) is 7.40. The van der Waals surface area contributed by atoms with E-state index in [2.05, 4.69) is 15.6 Å². The molecule has 2 heterocycles. The molecule has 1 aliphatic carbocycles. The number of aryl methyl sites for hydroxylation is 1. The van der Waals surface area contributed by atoms with Gasteiger partial charge in [-0.1, -0.05) is 0 Å². The molecule has 2 aromatic rings. The van der Waals surface area contributed by atoms with Crippen LogP contribution in [0.3, 0.4) is 0 Å². The first-order valence-corrected chi connectivity index (χ1v) is 10.2. The molecule has 0 saturated carbocycles. The number of nitrogens with one attached hydrogen (secondary N) is 3. The Balaban J connectivity index is 1.60. The highest BCUT2D eigenvalue weighted by Gasteiger charge is 2.27. The van der Waals surface area contributed by atoms with Crippen LogP contribution in [0.25, 0.3) is 0 Å². The fourth-order valence-electron chi connectivity index (χ4n) is 3.67. The molecule has 5 N–H and O–H groups in total. The van der Waals surface area contributed by atoms with Gasteiger partial charge in [-0.15, -0.1) is 11.8 Å². The van der Waals surface area contributed by atoms with Crippen LogP contribution >= 0.6 is 11.8 Å². The van der Waals surface area contributed by atoms with E-state index in [4.69, 9.17) is 5.73 Å². The Morgan fingerprint density at radius 1 is 1.24 bits per heavy atom. The molecular formula is C20H20N4O4S. The summed E-state index contributed by atoms with van der Waals surface area (Å²) in [7, 11) is 0. The molecule has 2 atom stereocenters. The number of primary amides is 1. The van der Waals surface area contributed by atoms with Crippen molar-refractivity contribution in [3.05, 3.63) is 57.0 Å². The van der Waals surface area contributed by atoms with E-state index < -0.39 is 11.5 Å². The van der Waals surface area contributed by atoms with Gasteiger partial charge in [0.25, 0.3) is 17.4 Å². The highest BCUT2D eigenvalue weighted by Crippen LogP contribution is 2.36. The predicted octanol–water partition coefficient (Wildman–Crippen LogP) is 1.71. The Morgan fingerprint density at radius 3 is 2.79 bits per heavy atom. The van der Waals surface area contributed by atoms with Gasteiger partial charge in [-0.2, -0.15) is 0 Å². The maximum atomic E-state index is 12.8. The van der Waals surface area contributed by atoms with Crippen LogP contribution in [-0.4, -0.2) is 28.0 Å². The summed E-state index contributed by atoms with van der Waals surface area (Å²) in [6.07, 6.45) is 2.13. The van der Waals surface area contributed by atoms with Crippen LogP contribution in [0.1, 0.15) is 57.8 Å². The van der Waals surface area contributed by atoms with E-state index in [-0.39, 0.29) is 28.7 Å². The number of aromatic amines is 1. The fourth-order valence-corrected chi connectivity index (χ4v) is 4.60. The maximum absolute atomic E-state index is 12.8. The maximum Gasteiger partial charge on any atom is 0.261 e. The van der Waals surface area contributed by atoms with Crippen molar-refractivity contribution in [2.45, 2.75) is 42.4 Å². The number of aromatic nitrogens is 1. The van der Waals surface area contributed by atoms with Gasteiger partial charge in [0, 0.05) is 16.2 Å². The summed E-state index contributed by atoms with van der Waals surface area (Å²) in [5.41, 5.74) is 7.11. The number of rotatable bonds is 3. The standard InChI is InChI=1S/C20H20N4O4S/c1-9-18(26)24-15-7-10(5-6-16(15)29-9)19(27)22-13-3-2-4-14-11(13)8-12(17(21)25)20(28)23-14/h5-9,13H,2-4H2,1H3,(H2,21,25)(H,22,27)(H,23,28)(H,24,26). The highest BCUT2D eigenvalue weighted by atomic mass is 32.2. The Labute approximate surface area is 170 Å². The van der Waals surface area contributed by atoms with Gasteiger partial charge in [-0.05, 0) is 56.0 Å². The first kappa shape index (κ1) is 19.3. The Bertz CT molecular complexity index is 1090. The lowest BCUT2D eigenvalue weighted by molar-refractivity contribution is -0.115. The lowest BCUT2D eigenvalue weighted by Crippen LogP contribution is -2.34. The first-order valence-electron chi connectivity index (χ1n) is 9.32. The summed E-state index contributed by atoms with van der Waals surface area (Å²) in [5.74, 6) is -1.19. The minimum atomic E-state index is -0.804. The van der Waals surface area contributed by atoms with Crippen molar-refractivity contribution in [2.24, 2.45) is 5.73 Å². The highest BCUT2D eigenvalue weighted by molar-refractivity contribution is 8.00. The zero-order chi connectivity index (χ0) is 20.7. The van der Waals surface area contributed by atoms with Crippen LogP contribution in [0.2, 0.25) is 0 Å². The van der Waals surface area contributed by atoms with E-state index >= 15 is 0 Å². The third-order valence-corrected chi connectivity index (χ3v) is 6.37. The van der Waals surface area contributed by atoms with Gasteiger partial charge in [0.05, 0.1) is 17.0 Å². The minimum absolute atomic E-state index is 0.0933. The molecule has 150 valence electrons.